The van der Waals surface area contributed by atoms with Crippen LogP contribution in [-0.2, 0) is 0 Å². The fraction of sp³-hybridized carbons (Fsp3) is 0.200. The molecular formula is C10H15NS3. The van der Waals surface area contributed by atoms with Crippen LogP contribution in [0.25, 0.3) is 0 Å². The van der Waals surface area contributed by atoms with E-state index in [4.69, 9.17) is 0 Å². The monoisotopic (exact) mass is 245 g/mol. The summed E-state index contributed by atoms with van der Waals surface area (Å²) in [6.07, 6.45) is 9.64. The lowest BCUT2D eigenvalue weighted by molar-refractivity contribution is 1.42. The molecule has 0 aliphatic carbocycles. The molecule has 0 saturated heterocycles. The van der Waals surface area contributed by atoms with Crippen LogP contribution >= 0.6 is 33.5 Å². The quantitative estimate of drug-likeness (QED) is 0.340. The zero-order chi connectivity index (χ0) is 10.5. The molecule has 4 heteroatoms. The molecular weight excluding hydrogens is 230 g/mol. The number of hydrogen-bond donors (Lipinski definition) is 1. The van der Waals surface area contributed by atoms with Crippen molar-refractivity contribution in [3.05, 3.63) is 49.1 Å². The van der Waals surface area contributed by atoms with E-state index >= 15 is 0 Å². The summed E-state index contributed by atoms with van der Waals surface area (Å²) in [5, 5.41) is 1.99. The largest absolute Gasteiger partial charge is 0.333 e. The normalized spacial score (nSPS) is 12.3. The van der Waals surface area contributed by atoms with Crippen LogP contribution in [0.1, 0.15) is 0 Å². The van der Waals surface area contributed by atoms with Crippen molar-refractivity contribution in [3.63, 3.8) is 0 Å². The third-order valence-electron chi connectivity index (χ3n) is 0.945. The van der Waals surface area contributed by atoms with Crippen LogP contribution in [-0.4, -0.2) is 11.5 Å². The van der Waals surface area contributed by atoms with Gasteiger partial charge in [-0.3, -0.25) is 0 Å². The van der Waals surface area contributed by atoms with E-state index in [1.54, 1.807) is 33.5 Å². The van der Waals surface area contributed by atoms with E-state index in [0.29, 0.717) is 0 Å². The molecule has 78 valence electrons. The number of nitrogens with one attached hydrogen (secondary N) is 1. The van der Waals surface area contributed by atoms with Crippen LogP contribution in [0, 0.1) is 0 Å². The van der Waals surface area contributed by atoms with Gasteiger partial charge in [0, 0.05) is 17.7 Å². The average Bonchev–Trinajstić information content (AvgIpc) is 2.28. The third-order valence-corrected chi connectivity index (χ3v) is 3.74. The van der Waals surface area contributed by atoms with Gasteiger partial charge in [-0.15, -0.1) is 13.2 Å². The molecule has 1 N–H and O–H groups in total. The van der Waals surface area contributed by atoms with Crippen LogP contribution in [0.3, 0.4) is 0 Å². The Balaban J connectivity index is 0.000000249. The molecule has 1 rings (SSSR count). The van der Waals surface area contributed by atoms with Gasteiger partial charge in [-0.2, -0.15) is 0 Å². The Bertz CT molecular complexity index is 178. The van der Waals surface area contributed by atoms with E-state index in [-0.39, 0.29) is 0 Å². The Morgan fingerprint density at radius 2 is 1.79 bits per heavy atom. The summed E-state index contributed by atoms with van der Waals surface area (Å²) >= 11 is 1.58. The van der Waals surface area contributed by atoms with E-state index in [1.165, 1.54) is 0 Å². The van der Waals surface area contributed by atoms with Crippen LogP contribution in [0.4, 0.5) is 0 Å². The van der Waals surface area contributed by atoms with Gasteiger partial charge < -0.3 is 4.72 Å². The Kier molecular flexibility index (Phi) is 12.6. The van der Waals surface area contributed by atoms with Gasteiger partial charge in [0.25, 0.3) is 0 Å². The minimum Gasteiger partial charge on any atom is -0.333 e. The van der Waals surface area contributed by atoms with Crippen molar-refractivity contribution in [3.8, 4) is 0 Å². The number of rotatable bonds is 5. The van der Waals surface area contributed by atoms with Gasteiger partial charge in [-0.25, -0.2) is 0 Å². The molecule has 1 heterocycles. The van der Waals surface area contributed by atoms with E-state index in [1.807, 2.05) is 35.9 Å². The van der Waals surface area contributed by atoms with Crippen molar-refractivity contribution < 1.29 is 0 Å². The maximum atomic E-state index is 3.60. The third kappa shape index (κ3) is 11.8. The van der Waals surface area contributed by atoms with Crippen molar-refractivity contribution in [1.82, 2.24) is 4.72 Å². The Morgan fingerprint density at radius 3 is 2.00 bits per heavy atom. The van der Waals surface area contributed by atoms with Crippen LogP contribution in [0.15, 0.2) is 49.1 Å². The van der Waals surface area contributed by atoms with Gasteiger partial charge in [0.05, 0.1) is 0 Å². The molecule has 1 nitrogen and oxygen atoms in total. The SMILES string of the molecule is C1=CNSC=C1.C=CCSSCC=C. The van der Waals surface area contributed by atoms with Crippen LogP contribution in [0.2, 0.25) is 0 Å². The molecule has 0 radical (unpaired) electrons. The molecule has 0 bridgehead atoms. The van der Waals surface area contributed by atoms with E-state index in [0.717, 1.165) is 11.5 Å². The highest BCUT2D eigenvalue weighted by atomic mass is 33.1. The van der Waals surface area contributed by atoms with Crippen LogP contribution in [0.5, 0.6) is 0 Å². The van der Waals surface area contributed by atoms with Gasteiger partial charge in [0.15, 0.2) is 0 Å². The highest BCUT2D eigenvalue weighted by Gasteiger charge is 1.79. The second-order valence-electron chi connectivity index (χ2n) is 2.07. The molecule has 0 amide bonds. The number of allylic oxidation sites excluding steroid dienone is 2. The Hall–Kier alpha value is -0.190. The first-order chi connectivity index (χ1) is 6.91. The first-order valence-corrected chi connectivity index (χ1v) is 7.47. The van der Waals surface area contributed by atoms with Crippen molar-refractivity contribution in [1.29, 1.82) is 0 Å². The summed E-state index contributed by atoms with van der Waals surface area (Å²) in [6, 6.07) is 0. The smallest absolute Gasteiger partial charge is 0.0215 e. The molecule has 0 fully saturated rings. The molecule has 0 aromatic rings. The van der Waals surface area contributed by atoms with E-state index in [2.05, 4.69) is 17.9 Å². The Labute approximate surface area is 98.7 Å². The second-order valence-corrected chi connectivity index (χ2v) is 5.37. The van der Waals surface area contributed by atoms with Gasteiger partial charge in [0.2, 0.25) is 0 Å². The molecule has 0 saturated carbocycles. The predicted molar refractivity (Wildman–Crippen MR) is 74.3 cm³/mol. The zero-order valence-electron chi connectivity index (χ0n) is 8.02. The van der Waals surface area contributed by atoms with Crippen molar-refractivity contribution in [2.75, 3.05) is 11.5 Å². The summed E-state index contributed by atoms with van der Waals surface area (Å²) in [4.78, 5) is 0. The summed E-state index contributed by atoms with van der Waals surface area (Å²) < 4.78 is 2.93. The predicted octanol–water partition coefficient (Wildman–Crippen LogP) is 4.01. The molecule has 0 aromatic heterocycles. The first-order valence-electron chi connectivity index (χ1n) is 4.11. The van der Waals surface area contributed by atoms with E-state index in [9.17, 15) is 0 Å². The van der Waals surface area contributed by atoms with Crippen molar-refractivity contribution in [2.45, 2.75) is 0 Å². The van der Waals surface area contributed by atoms with Gasteiger partial charge in [-0.05, 0) is 23.4 Å². The average molecular weight is 245 g/mol. The molecule has 0 atom stereocenters. The van der Waals surface area contributed by atoms with Crippen LogP contribution < -0.4 is 4.72 Å². The van der Waals surface area contributed by atoms with Crippen molar-refractivity contribution >= 4 is 33.5 Å². The highest BCUT2D eigenvalue weighted by Crippen LogP contribution is 2.20. The zero-order valence-corrected chi connectivity index (χ0v) is 10.5. The lowest BCUT2D eigenvalue weighted by Gasteiger charge is -1.93. The summed E-state index contributed by atoms with van der Waals surface area (Å²) in [6.45, 7) is 7.20. The maximum Gasteiger partial charge on any atom is 0.0215 e. The molecule has 0 aromatic carbocycles. The Morgan fingerprint density at radius 1 is 1.14 bits per heavy atom. The molecule has 1 aliphatic heterocycles. The standard InChI is InChI=1S/C6H10S2.C4H5NS/c1-3-5-7-8-6-4-2;1-2-4-6-5-3-1/h3-4H,1-2,5-6H2;1-5H. The van der Waals surface area contributed by atoms with Gasteiger partial charge >= 0.3 is 0 Å². The molecule has 14 heavy (non-hydrogen) atoms. The first kappa shape index (κ1) is 13.8. The lowest BCUT2D eigenvalue weighted by Crippen LogP contribution is -1.88. The summed E-state index contributed by atoms with van der Waals surface area (Å²) in [5.74, 6) is 2.05. The second kappa shape index (κ2) is 12.8. The van der Waals surface area contributed by atoms with Crippen molar-refractivity contribution in [2.24, 2.45) is 0 Å². The maximum absolute atomic E-state index is 3.60. The fourth-order valence-corrected chi connectivity index (χ4v) is 2.40. The minimum atomic E-state index is 1.03. The van der Waals surface area contributed by atoms with E-state index < -0.39 is 0 Å². The fourth-order valence-electron chi connectivity index (χ4n) is 0.451. The lowest BCUT2D eigenvalue weighted by atomic mass is 10.6. The summed E-state index contributed by atoms with van der Waals surface area (Å²) in [5.41, 5.74) is 0. The minimum absolute atomic E-state index is 1.03. The highest BCUT2D eigenvalue weighted by molar-refractivity contribution is 8.76. The van der Waals surface area contributed by atoms with Gasteiger partial charge in [-0.1, -0.05) is 39.8 Å². The molecule has 0 spiro atoms. The topological polar surface area (TPSA) is 12.0 Å². The number of hydrogen-bond acceptors (Lipinski definition) is 4. The summed E-state index contributed by atoms with van der Waals surface area (Å²) in [7, 11) is 3.61. The molecule has 1 aliphatic rings. The molecule has 0 unspecified atom stereocenters. The van der Waals surface area contributed by atoms with Gasteiger partial charge in [0.1, 0.15) is 0 Å².